The van der Waals surface area contributed by atoms with E-state index in [0.29, 0.717) is 0 Å². The molecule has 0 spiro atoms. The van der Waals surface area contributed by atoms with Gasteiger partial charge in [0.05, 0.1) is 0 Å². The lowest BCUT2D eigenvalue weighted by atomic mass is 10.4. The van der Waals surface area contributed by atoms with Crippen molar-refractivity contribution < 1.29 is 9.47 Å². The summed E-state index contributed by atoms with van der Waals surface area (Å²) in [6.45, 7) is 4.28. The molecule has 0 unspecified atom stereocenters. The van der Waals surface area contributed by atoms with E-state index in [0.717, 1.165) is 56.8 Å². The van der Waals surface area contributed by atoms with Crippen LogP contribution < -0.4 is 10.6 Å². The first kappa shape index (κ1) is 14.7. The largest absolute Gasteiger partial charge is 0.385 e. The lowest BCUT2D eigenvalue weighted by Crippen LogP contribution is -2.36. The van der Waals surface area contributed by atoms with Gasteiger partial charge in [0.25, 0.3) is 0 Å². The fourth-order valence-electron chi connectivity index (χ4n) is 1.39. The van der Waals surface area contributed by atoms with Crippen molar-refractivity contribution in [2.75, 3.05) is 40.0 Å². The van der Waals surface area contributed by atoms with E-state index < -0.39 is 0 Å². The minimum Gasteiger partial charge on any atom is -0.385 e. The molecule has 0 radical (unpaired) electrons. The highest BCUT2D eigenvalue weighted by atomic mass is 32.1. The zero-order valence-electron chi connectivity index (χ0n) is 10.7. The van der Waals surface area contributed by atoms with Gasteiger partial charge >= 0.3 is 0 Å². The molecule has 5 heteroatoms. The number of rotatable bonds is 10. The van der Waals surface area contributed by atoms with E-state index >= 15 is 0 Å². The number of hydrogen-bond acceptors (Lipinski definition) is 3. The van der Waals surface area contributed by atoms with Gasteiger partial charge in [-0.15, -0.1) is 0 Å². The maximum atomic E-state index is 5.53. The quantitative estimate of drug-likeness (QED) is 0.458. The third-order valence-electron chi connectivity index (χ3n) is 2.61. The maximum Gasteiger partial charge on any atom is 0.166 e. The zero-order chi connectivity index (χ0) is 12.3. The molecule has 0 atom stereocenters. The molecule has 17 heavy (non-hydrogen) atoms. The molecule has 1 saturated carbocycles. The summed E-state index contributed by atoms with van der Waals surface area (Å²) < 4.78 is 10.5. The van der Waals surface area contributed by atoms with Crippen LogP contribution in [0, 0.1) is 5.92 Å². The van der Waals surface area contributed by atoms with Gasteiger partial charge in [0, 0.05) is 40.0 Å². The molecule has 1 fully saturated rings. The van der Waals surface area contributed by atoms with Crippen LogP contribution in [0.25, 0.3) is 0 Å². The molecule has 100 valence electrons. The molecule has 0 saturated heterocycles. The summed E-state index contributed by atoms with van der Waals surface area (Å²) in [5.74, 6) is 0.853. The summed E-state index contributed by atoms with van der Waals surface area (Å²) >= 11 is 5.13. The molecule has 0 amide bonds. The second kappa shape index (κ2) is 9.62. The highest BCUT2D eigenvalue weighted by Crippen LogP contribution is 2.28. The van der Waals surface area contributed by atoms with E-state index in [1.807, 2.05) is 0 Å². The molecular weight excluding hydrogens is 236 g/mol. The molecule has 1 rings (SSSR count). The van der Waals surface area contributed by atoms with Crippen molar-refractivity contribution in [1.29, 1.82) is 0 Å². The summed E-state index contributed by atoms with van der Waals surface area (Å²) in [5.41, 5.74) is 0. The van der Waals surface area contributed by atoms with Crippen molar-refractivity contribution in [2.24, 2.45) is 5.92 Å². The average Bonchev–Trinajstić information content (AvgIpc) is 3.13. The third kappa shape index (κ3) is 9.32. The first-order valence-corrected chi connectivity index (χ1v) is 6.82. The molecule has 0 heterocycles. The highest BCUT2D eigenvalue weighted by molar-refractivity contribution is 7.80. The summed E-state index contributed by atoms with van der Waals surface area (Å²) in [7, 11) is 1.71. The molecular formula is C12H24N2O2S. The third-order valence-corrected chi connectivity index (χ3v) is 2.90. The second-order valence-corrected chi connectivity index (χ2v) is 4.81. The number of methoxy groups -OCH3 is 1. The van der Waals surface area contributed by atoms with Gasteiger partial charge in [-0.25, -0.2) is 0 Å². The van der Waals surface area contributed by atoms with Gasteiger partial charge in [-0.3, -0.25) is 0 Å². The van der Waals surface area contributed by atoms with Crippen LogP contribution in [0.1, 0.15) is 25.7 Å². The first-order valence-electron chi connectivity index (χ1n) is 6.41. The Morgan fingerprint density at radius 2 is 1.82 bits per heavy atom. The van der Waals surface area contributed by atoms with Gasteiger partial charge in [-0.2, -0.15) is 0 Å². The van der Waals surface area contributed by atoms with E-state index in [-0.39, 0.29) is 0 Å². The summed E-state index contributed by atoms with van der Waals surface area (Å²) in [4.78, 5) is 0. The van der Waals surface area contributed by atoms with Crippen LogP contribution in [0.15, 0.2) is 0 Å². The van der Waals surface area contributed by atoms with E-state index in [2.05, 4.69) is 10.6 Å². The van der Waals surface area contributed by atoms with Gasteiger partial charge in [0.15, 0.2) is 5.11 Å². The topological polar surface area (TPSA) is 42.5 Å². The lowest BCUT2D eigenvalue weighted by molar-refractivity contribution is 0.123. The average molecular weight is 260 g/mol. The Balaban J connectivity index is 1.75. The van der Waals surface area contributed by atoms with Gasteiger partial charge < -0.3 is 20.1 Å². The summed E-state index contributed by atoms with van der Waals surface area (Å²) in [6, 6.07) is 0. The summed E-state index contributed by atoms with van der Waals surface area (Å²) in [5, 5.41) is 7.02. The molecule has 0 aromatic carbocycles. The Morgan fingerprint density at radius 3 is 2.41 bits per heavy atom. The van der Waals surface area contributed by atoms with Crippen LogP contribution in [-0.4, -0.2) is 45.1 Å². The first-order chi connectivity index (χ1) is 8.33. The highest BCUT2D eigenvalue weighted by Gasteiger charge is 2.20. The Bertz CT molecular complexity index is 211. The van der Waals surface area contributed by atoms with E-state index in [1.54, 1.807) is 7.11 Å². The molecule has 2 N–H and O–H groups in total. The SMILES string of the molecule is COCCCNC(=S)NCCCOCC1CC1. The van der Waals surface area contributed by atoms with Crippen LogP contribution in [0.4, 0.5) is 0 Å². The Hall–Kier alpha value is -0.390. The predicted molar refractivity (Wildman–Crippen MR) is 73.3 cm³/mol. The monoisotopic (exact) mass is 260 g/mol. The summed E-state index contributed by atoms with van der Waals surface area (Å²) in [6.07, 6.45) is 4.69. The molecule has 4 nitrogen and oxygen atoms in total. The predicted octanol–water partition coefficient (Wildman–Crippen LogP) is 1.30. The van der Waals surface area contributed by atoms with Crippen LogP contribution in [0.5, 0.6) is 0 Å². The smallest absolute Gasteiger partial charge is 0.166 e. The number of nitrogens with one attached hydrogen (secondary N) is 2. The maximum absolute atomic E-state index is 5.53. The fraction of sp³-hybridized carbons (Fsp3) is 0.917. The van der Waals surface area contributed by atoms with Gasteiger partial charge in [-0.05, 0) is 43.8 Å². The normalized spacial score (nSPS) is 14.6. The molecule has 0 bridgehead atoms. The number of hydrogen-bond donors (Lipinski definition) is 2. The van der Waals surface area contributed by atoms with E-state index in [9.17, 15) is 0 Å². The fourth-order valence-corrected chi connectivity index (χ4v) is 1.60. The lowest BCUT2D eigenvalue weighted by Gasteiger charge is -2.10. The van der Waals surface area contributed by atoms with E-state index in [4.69, 9.17) is 21.7 Å². The minimum atomic E-state index is 0.725. The molecule has 1 aliphatic rings. The zero-order valence-corrected chi connectivity index (χ0v) is 11.5. The van der Waals surface area contributed by atoms with Crippen molar-refractivity contribution in [1.82, 2.24) is 10.6 Å². The van der Waals surface area contributed by atoms with Crippen LogP contribution in [-0.2, 0) is 9.47 Å². The number of ether oxygens (including phenoxy) is 2. The van der Waals surface area contributed by atoms with Crippen molar-refractivity contribution in [3.05, 3.63) is 0 Å². The second-order valence-electron chi connectivity index (χ2n) is 4.40. The van der Waals surface area contributed by atoms with Crippen LogP contribution in [0.2, 0.25) is 0 Å². The molecule has 1 aliphatic carbocycles. The van der Waals surface area contributed by atoms with Crippen molar-refractivity contribution in [3.63, 3.8) is 0 Å². The van der Waals surface area contributed by atoms with Crippen LogP contribution >= 0.6 is 12.2 Å². The van der Waals surface area contributed by atoms with Gasteiger partial charge in [0.2, 0.25) is 0 Å². The standard InChI is InChI=1S/C12H24N2O2S/c1-15-8-2-6-13-12(17)14-7-3-9-16-10-11-4-5-11/h11H,2-10H2,1H3,(H2,13,14,17). The van der Waals surface area contributed by atoms with Crippen molar-refractivity contribution in [2.45, 2.75) is 25.7 Å². The Morgan fingerprint density at radius 1 is 1.18 bits per heavy atom. The molecule has 0 aliphatic heterocycles. The van der Waals surface area contributed by atoms with E-state index in [1.165, 1.54) is 12.8 Å². The van der Waals surface area contributed by atoms with Crippen molar-refractivity contribution in [3.8, 4) is 0 Å². The Kier molecular flexibility index (Phi) is 8.30. The van der Waals surface area contributed by atoms with Gasteiger partial charge in [0.1, 0.15) is 0 Å². The van der Waals surface area contributed by atoms with Gasteiger partial charge in [-0.1, -0.05) is 0 Å². The van der Waals surface area contributed by atoms with Crippen LogP contribution in [0.3, 0.4) is 0 Å². The Labute approximate surface area is 109 Å². The van der Waals surface area contributed by atoms with Crippen molar-refractivity contribution >= 4 is 17.3 Å². The molecule has 0 aromatic heterocycles. The minimum absolute atomic E-state index is 0.725. The molecule has 0 aromatic rings. The number of thiocarbonyl (C=S) groups is 1.